The Bertz CT molecular complexity index is 529. The third-order valence-electron chi connectivity index (χ3n) is 3.62. The Morgan fingerprint density at radius 3 is 2.20 bits per heavy atom. The van der Waals surface area contributed by atoms with Crippen LogP contribution >= 0.6 is 0 Å². The molecule has 0 saturated carbocycles. The van der Waals surface area contributed by atoms with Gasteiger partial charge in [0.25, 0.3) is 0 Å². The van der Waals surface area contributed by atoms with Gasteiger partial charge in [-0.15, -0.1) is 0 Å². The van der Waals surface area contributed by atoms with Gasteiger partial charge >= 0.3 is 0 Å². The van der Waals surface area contributed by atoms with Crippen LogP contribution in [0.1, 0.15) is 32.8 Å². The highest BCUT2D eigenvalue weighted by Crippen LogP contribution is 2.19. The van der Waals surface area contributed by atoms with Crippen molar-refractivity contribution < 1.29 is 8.42 Å². The maximum atomic E-state index is 12.6. The van der Waals surface area contributed by atoms with Crippen molar-refractivity contribution in [1.29, 1.82) is 0 Å². The van der Waals surface area contributed by atoms with Gasteiger partial charge in [0.2, 0.25) is 10.0 Å². The zero-order valence-corrected chi connectivity index (χ0v) is 13.3. The lowest BCUT2D eigenvalue weighted by Crippen LogP contribution is -2.55. The third kappa shape index (κ3) is 3.40. The van der Waals surface area contributed by atoms with Gasteiger partial charge in [0.1, 0.15) is 0 Å². The second-order valence-corrected chi connectivity index (χ2v) is 7.62. The Labute approximate surface area is 122 Å². The van der Waals surface area contributed by atoms with Crippen molar-refractivity contribution in [2.24, 2.45) is 0 Å². The minimum absolute atomic E-state index is 0.188. The van der Waals surface area contributed by atoms with E-state index in [1.807, 2.05) is 26.0 Å². The van der Waals surface area contributed by atoms with Crippen LogP contribution < -0.4 is 5.32 Å². The van der Waals surface area contributed by atoms with Gasteiger partial charge < -0.3 is 5.32 Å². The molecule has 1 saturated heterocycles. The summed E-state index contributed by atoms with van der Waals surface area (Å²) in [7, 11) is -3.37. The Morgan fingerprint density at radius 1 is 1.15 bits per heavy atom. The molecule has 2 atom stereocenters. The van der Waals surface area contributed by atoms with Crippen LogP contribution in [0.5, 0.6) is 0 Å². The van der Waals surface area contributed by atoms with E-state index in [0.29, 0.717) is 18.0 Å². The molecule has 0 amide bonds. The second-order valence-electron chi connectivity index (χ2n) is 5.68. The first-order valence-electron chi connectivity index (χ1n) is 7.28. The van der Waals surface area contributed by atoms with E-state index in [-0.39, 0.29) is 12.1 Å². The van der Waals surface area contributed by atoms with Crippen molar-refractivity contribution in [3.63, 3.8) is 0 Å². The number of sulfonamides is 1. The summed E-state index contributed by atoms with van der Waals surface area (Å²) in [5.74, 6) is 0. The number of hydrogen-bond acceptors (Lipinski definition) is 3. The van der Waals surface area contributed by atoms with E-state index in [1.165, 1.54) is 5.56 Å². The van der Waals surface area contributed by atoms with Gasteiger partial charge in [-0.05, 0) is 38.0 Å². The van der Waals surface area contributed by atoms with Crippen LogP contribution in [0.3, 0.4) is 0 Å². The van der Waals surface area contributed by atoms with E-state index in [0.717, 1.165) is 12.8 Å². The zero-order valence-electron chi connectivity index (χ0n) is 12.5. The highest BCUT2D eigenvalue weighted by atomic mass is 32.2. The van der Waals surface area contributed by atoms with Gasteiger partial charge in [0.05, 0.1) is 4.90 Å². The minimum atomic E-state index is -3.37. The zero-order chi connectivity index (χ0) is 14.8. The van der Waals surface area contributed by atoms with Crippen LogP contribution in [0.15, 0.2) is 29.2 Å². The normalized spacial score (nSPS) is 24.8. The smallest absolute Gasteiger partial charge is 0.243 e. The average Bonchev–Trinajstić information content (AvgIpc) is 2.38. The maximum absolute atomic E-state index is 12.6. The Kier molecular flexibility index (Phi) is 4.83. The lowest BCUT2D eigenvalue weighted by molar-refractivity contribution is 0.263. The van der Waals surface area contributed by atoms with E-state index < -0.39 is 10.0 Å². The topological polar surface area (TPSA) is 49.4 Å². The quantitative estimate of drug-likeness (QED) is 0.924. The molecule has 1 fully saturated rings. The van der Waals surface area contributed by atoms with Crippen molar-refractivity contribution in [2.45, 2.75) is 50.6 Å². The molecule has 2 rings (SSSR count). The molecule has 1 aliphatic rings. The summed E-state index contributed by atoms with van der Waals surface area (Å²) in [4.78, 5) is 0.402. The molecule has 112 valence electrons. The van der Waals surface area contributed by atoms with Gasteiger partial charge in [-0.1, -0.05) is 25.5 Å². The molecule has 0 spiro atoms. The molecule has 5 heteroatoms. The summed E-state index contributed by atoms with van der Waals surface area (Å²) in [6.07, 6.45) is 2.06. The largest absolute Gasteiger partial charge is 0.309 e. The van der Waals surface area contributed by atoms with Crippen LogP contribution in [0.25, 0.3) is 0 Å². The maximum Gasteiger partial charge on any atom is 0.243 e. The third-order valence-corrected chi connectivity index (χ3v) is 5.47. The van der Waals surface area contributed by atoms with Crippen LogP contribution in [0, 0.1) is 0 Å². The standard InChI is InChI=1S/C15H24N2O2S/c1-4-5-14-6-8-15(9-7-14)20(18,19)17-10-12(2)16-13(3)11-17/h6-9,12-13,16H,4-5,10-11H2,1-3H3. The predicted octanol–water partition coefficient (Wildman–Crippen LogP) is 2.01. The van der Waals surface area contributed by atoms with E-state index in [2.05, 4.69) is 12.2 Å². The average molecular weight is 296 g/mol. The lowest BCUT2D eigenvalue weighted by Gasteiger charge is -2.35. The summed E-state index contributed by atoms with van der Waals surface area (Å²) in [5.41, 5.74) is 1.19. The molecule has 1 aromatic carbocycles. The first-order chi connectivity index (χ1) is 9.43. The number of piperazine rings is 1. The fraction of sp³-hybridized carbons (Fsp3) is 0.600. The Balaban J connectivity index is 2.21. The molecule has 1 aliphatic heterocycles. The molecule has 1 heterocycles. The number of benzene rings is 1. The van der Waals surface area contributed by atoms with Gasteiger partial charge in [0.15, 0.2) is 0 Å². The predicted molar refractivity (Wildman–Crippen MR) is 81.3 cm³/mol. The summed E-state index contributed by atoms with van der Waals surface area (Å²) in [5, 5.41) is 3.35. The van der Waals surface area contributed by atoms with E-state index in [4.69, 9.17) is 0 Å². The van der Waals surface area contributed by atoms with Crippen molar-refractivity contribution in [1.82, 2.24) is 9.62 Å². The van der Waals surface area contributed by atoms with Crippen molar-refractivity contribution in [3.05, 3.63) is 29.8 Å². The highest BCUT2D eigenvalue weighted by Gasteiger charge is 2.31. The van der Waals surface area contributed by atoms with Gasteiger partial charge in [-0.3, -0.25) is 0 Å². The van der Waals surface area contributed by atoms with Crippen molar-refractivity contribution in [3.8, 4) is 0 Å². The molecule has 0 aromatic heterocycles. The molecule has 0 bridgehead atoms. The second kappa shape index (κ2) is 6.24. The molecule has 0 radical (unpaired) electrons. The molecule has 2 unspecified atom stereocenters. The van der Waals surface area contributed by atoms with E-state index >= 15 is 0 Å². The van der Waals surface area contributed by atoms with Crippen molar-refractivity contribution in [2.75, 3.05) is 13.1 Å². The molecule has 0 aliphatic carbocycles. The van der Waals surface area contributed by atoms with Gasteiger partial charge in [-0.25, -0.2) is 8.42 Å². The number of nitrogens with zero attached hydrogens (tertiary/aromatic N) is 1. The number of aryl methyl sites for hydroxylation is 1. The van der Waals surface area contributed by atoms with Crippen molar-refractivity contribution >= 4 is 10.0 Å². The Hall–Kier alpha value is -0.910. The van der Waals surface area contributed by atoms with Crippen LogP contribution in [-0.4, -0.2) is 37.9 Å². The number of hydrogen-bond donors (Lipinski definition) is 1. The molecular formula is C15H24N2O2S. The Morgan fingerprint density at radius 2 is 1.70 bits per heavy atom. The minimum Gasteiger partial charge on any atom is -0.309 e. The number of nitrogens with one attached hydrogen (secondary N) is 1. The molecule has 1 N–H and O–H groups in total. The molecular weight excluding hydrogens is 272 g/mol. The van der Waals surface area contributed by atoms with Crippen LogP contribution in [0.4, 0.5) is 0 Å². The molecule has 1 aromatic rings. The monoisotopic (exact) mass is 296 g/mol. The molecule has 20 heavy (non-hydrogen) atoms. The van der Waals surface area contributed by atoms with Gasteiger partial charge in [-0.2, -0.15) is 4.31 Å². The van der Waals surface area contributed by atoms with E-state index in [1.54, 1.807) is 16.4 Å². The summed E-state index contributed by atoms with van der Waals surface area (Å²) >= 11 is 0. The first-order valence-corrected chi connectivity index (χ1v) is 8.72. The summed E-state index contributed by atoms with van der Waals surface area (Å²) in [6.45, 7) is 7.21. The number of rotatable bonds is 4. The fourth-order valence-corrected chi connectivity index (χ4v) is 4.36. The summed E-state index contributed by atoms with van der Waals surface area (Å²) < 4.78 is 26.9. The van der Waals surface area contributed by atoms with Crippen LogP contribution in [0.2, 0.25) is 0 Å². The van der Waals surface area contributed by atoms with E-state index in [9.17, 15) is 8.42 Å². The van der Waals surface area contributed by atoms with Gasteiger partial charge in [0, 0.05) is 25.2 Å². The first kappa shape index (κ1) is 15.5. The van der Waals surface area contributed by atoms with Crippen LogP contribution in [-0.2, 0) is 16.4 Å². The lowest BCUT2D eigenvalue weighted by atomic mass is 10.1. The highest BCUT2D eigenvalue weighted by molar-refractivity contribution is 7.89. The fourth-order valence-electron chi connectivity index (χ4n) is 2.74. The molecule has 4 nitrogen and oxygen atoms in total. The SMILES string of the molecule is CCCc1ccc(S(=O)(=O)N2CC(C)NC(C)C2)cc1. The summed E-state index contributed by atoms with van der Waals surface area (Å²) in [6, 6.07) is 7.69.